The highest BCUT2D eigenvalue weighted by Gasteiger charge is 2.59. The normalized spacial score (nSPS) is 25.4. The molecule has 0 aliphatic heterocycles. The Balaban J connectivity index is 1.56. The third-order valence-corrected chi connectivity index (χ3v) is 23.9. The van der Waals surface area contributed by atoms with E-state index in [2.05, 4.69) is 30.2 Å². The molecular weight excluding hydrogens is 875 g/mol. The number of ether oxygens (including phenoxy) is 1. The van der Waals surface area contributed by atoms with Crippen LogP contribution in [0.5, 0.6) is 5.88 Å². The zero-order chi connectivity index (χ0) is 44.0. The summed E-state index contributed by atoms with van der Waals surface area (Å²) in [5, 5.41) is 29.0. The molecule has 4 N–H and O–H groups in total. The molecule has 0 amide bonds. The van der Waals surface area contributed by atoms with Crippen LogP contribution in [0, 0.1) is 23.2 Å². The maximum atomic E-state index is 12.8. The van der Waals surface area contributed by atoms with Gasteiger partial charge in [-0.2, -0.15) is 5.26 Å². The van der Waals surface area contributed by atoms with Crippen LogP contribution in [-0.4, -0.2) is 111 Å². The number of fused-ring (bicyclic) bond motifs is 1. The first-order chi connectivity index (χ1) is 28.4. The summed E-state index contributed by atoms with van der Waals surface area (Å²) in [5.74, 6) is -0.803. The summed E-state index contributed by atoms with van der Waals surface area (Å²) in [6.07, 6.45) is 1.59. The van der Waals surface area contributed by atoms with E-state index >= 15 is 0 Å². The molecule has 3 aromatic rings. The van der Waals surface area contributed by atoms with Gasteiger partial charge in [-0.1, -0.05) is 60.6 Å². The van der Waals surface area contributed by atoms with E-state index in [1.165, 1.54) is 23.5 Å². The first kappa shape index (κ1) is 48.6. The van der Waals surface area contributed by atoms with Gasteiger partial charge in [-0.15, -0.1) is 5.10 Å². The maximum Gasteiger partial charge on any atom is 0.335 e. The first-order valence-corrected chi connectivity index (χ1v) is 27.9. The molecule has 3 heterocycles. The Morgan fingerprint density at radius 2 is 1.77 bits per heavy atom. The lowest BCUT2D eigenvalue weighted by molar-refractivity contribution is -0.0139. The highest BCUT2D eigenvalue weighted by atomic mass is 32.5. The average Bonchev–Trinajstić information content (AvgIpc) is 3.88. The van der Waals surface area contributed by atoms with Crippen LogP contribution in [0.25, 0.3) is 11.2 Å². The van der Waals surface area contributed by atoms with Crippen molar-refractivity contribution < 1.29 is 50.7 Å². The molecule has 0 spiro atoms. The number of nitrogens with zero attached hydrogens (tertiary/aromatic N) is 7. The molecule has 9 atom stereocenters. The number of hydrogen-bond donors (Lipinski definition) is 4. The molecule has 2 aliphatic rings. The minimum absolute atomic E-state index is 0.0161. The van der Waals surface area contributed by atoms with Gasteiger partial charge in [0.25, 0.3) is 5.56 Å². The molecule has 0 aromatic carbocycles. The molecule has 0 saturated heterocycles. The second-order valence-corrected chi connectivity index (χ2v) is 28.8. The van der Waals surface area contributed by atoms with Gasteiger partial charge in [-0.05, 0) is 46.8 Å². The highest BCUT2D eigenvalue weighted by Crippen LogP contribution is 2.57. The largest absolute Gasteiger partial charge is 0.474 e. The Labute approximate surface area is 357 Å². The summed E-state index contributed by atoms with van der Waals surface area (Å²) in [4.78, 5) is 49.8. The lowest BCUT2D eigenvalue weighted by atomic mass is 10.1. The van der Waals surface area contributed by atoms with E-state index in [1.807, 2.05) is 61.5 Å². The van der Waals surface area contributed by atoms with Crippen LogP contribution in [0.1, 0.15) is 87.1 Å². The Kier molecular flexibility index (Phi) is 16.9. The van der Waals surface area contributed by atoms with Gasteiger partial charge in [0.1, 0.15) is 18.5 Å². The number of aliphatic hydroxyl groups excluding tert-OH is 1. The topological polar surface area (TPSA) is 268 Å². The maximum absolute atomic E-state index is 12.8. The Morgan fingerprint density at radius 3 is 2.37 bits per heavy atom. The van der Waals surface area contributed by atoms with Crippen molar-refractivity contribution in [1.82, 2.24) is 34.9 Å². The second-order valence-electron chi connectivity index (χ2n) is 16.5. The molecule has 2 unspecified atom stereocenters. The molecule has 2 fully saturated rings. The van der Waals surface area contributed by atoms with Crippen molar-refractivity contribution in [3.05, 3.63) is 35.3 Å². The third-order valence-electron chi connectivity index (χ3n) is 11.3. The molecule has 0 radical (unpaired) electrons. The van der Waals surface area contributed by atoms with Crippen LogP contribution in [0.3, 0.4) is 0 Å². The van der Waals surface area contributed by atoms with Crippen molar-refractivity contribution in [2.24, 2.45) is 11.8 Å². The lowest BCUT2D eigenvalue weighted by Gasteiger charge is -2.48. The fourth-order valence-electron chi connectivity index (χ4n) is 8.08. The van der Waals surface area contributed by atoms with E-state index in [9.17, 15) is 29.4 Å². The van der Waals surface area contributed by atoms with Crippen molar-refractivity contribution >= 4 is 55.1 Å². The zero-order valence-corrected chi connectivity index (χ0v) is 39.8. The molecule has 25 heteroatoms. The number of hydrogen-bond acceptors (Lipinski definition) is 18. The third kappa shape index (κ3) is 11.0. The van der Waals surface area contributed by atoms with E-state index in [-0.39, 0.29) is 72.4 Å². The molecule has 5 rings (SSSR count). The van der Waals surface area contributed by atoms with E-state index in [4.69, 9.17) is 43.2 Å². The smallest absolute Gasteiger partial charge is 0.335 e. The average molecular weight is 933 g/mol. The lowest BCUT2D eigenvalue weighted by Crippen LogP contribution is -2.62. The van der Waals surface area contributed by atoms with Crippen LogP contribution >= 0.6 is 15.0 Å². The van der Waals surface area contributed by atoms with Crippen molar-refractivity contribution in [2.75, 3.05) is 19.8 Å². The summed E-state index contributed by atoms with van der Waals surface area (Å²) in [6, 6.07) is 2.84. The van der Waals surface area contributed by atoms with Crippen molar-refractivity contribution in [1.29, 1.82) is 5.26 Å². The van der Waals surface area contributed by atoms with Gasteiger partial charge in [-0.3, -0.25) is 9.36 Å². The summed E-state index contributed by atoms with van der Waals surface area (Å²) in [5.41, 5.74) is -1.11. The number of nitrogens with one attached hydrogen (secondary N) is 1. The SMILES string of the molecule is CC(C)[Si](O)(O[Si](O[C@@H]1[C@@H](CO)C[C@@H](n2nnc3c(=O)[nH]cnc32)[C@@H]1OP(=S)(OCCC#N)OC[C@H]1C[C@@H](Oc2ccncn2)C[C@@H]1O[PH](=O)O)(C(C)C)C(C)C)C(C)C. The van der Waals surface area contributed by atoms with Gasteiger partial charge in [0, 0.05) is 37.1 Å². The number of rotatable bonds is 22. The van der Waals surface area contributed by atoms with Crippen LogP contribution in [-0.2, 0) is 43.0 Å². The number of aromatic nitrogens is 7. The Hall–Kier alpha value is -2.40. The van der Waals surface area contributed by atoms with E-state index in [0.29, 0.717) is 12.3 Å². The quantitative estimate of drug-likeness (QED) is 0.0589. The minimum atomic E-state index is -3.91. The molecule has 334 valence electrons. The summed E-state index contributed by atoms with van der Waals surface area (Å²) >= 11 is 6.13. The second kappa shape index (κ2) is 20.9. The first-order valence-electron chi connectivity index (χ1n) is 20.1. The van der Waals surface area contributed by atoms with E-state index in [0.717, 1.165) is 0 Å². The molecule has 2 aliphatic carbocycles. The number of H-pyrrole nitrogens is 1. The fourth-order valence-corrected chi connectivity index (χ4v) is 20.8. The molecule has 3 aromatic heterocycles. The minimum Gasteiger partial charge on any atom is -0.474 e. The Bertz CT molecular complexity index is 2030. The van der Waals surface area contributed by atoms with Crippen LogP contribution < -0.4 is 10.3 Å². The van der Waals surface area contributed by atoms with Crippen LogP contribution in [0.15, 0.2) is 29.7 Å². The van der Waals surface area contributed by atoms with Crippen LogP contribution in [0.2, 0.25) is 22.2 Å². The summed E-state index contributed by atoms with van der Waals surface area (Å²) in [6.45, 7) is 11.2. The predicted octanol–water partition coefficient (Wildman–Crippen LogP) is 4.96. The standard InChI is InChI=1S/C35H58N8O12P2SSi2/c1-21(2)59(48,22(3)4)55-60(23(5)6,24(7)8)54-32-25(17-44)15-28(43-34-31(41-42-43)35(45)40-20-39-34)33(32)53-57(58,49-13-9-11-36)50-18-26-14-27(16-29(26)52-56(46)47)51-30-10-12-37-19-38-30/h10,12,19-29,32-33,44,48,56H,9,13-18H2,1-8H3,(H,46,47)(H,39,40,45)/t25-,26-,27-,28-,29+,32-,33+,57?/m1/s1. The number of aliphatic hydroxyl groups is 1. The summed E-state index contributed by atoms with van der Waals surface area (Å²) in [7, 11) is -10.3. The number of nitriles is 1. The van der Waals surface area contributed by atoms with Gasteiger partial charge < -0.3 is 51.2 Å². The molecule has 20 nitrogen and oxygen atoms in total. The van der Waals surface area contributed by atoms with Gasteiger partial charge >= 0.3 is 32.1 Å². The summed E-state index contributed by atoms with van der Waals surface area (Å²) < 4.78 is 58.9. The van der Waals surface area contributed by atoms with Crippen LogP contribution in [0.4, 0.5) is 0 Å². The highest BCUT2D eigenvalue weighted by molar-refractivity contribution is 8.07. The number of aromatic amines is 1. The molecular formula is C35H58N8O12P2SSi2. The van der Waals surface area contributed by atoms with Gasteiger partial charge in [0.2, 0.25) is 5.88 Å². The molecule has 0 bridgehead atoms. The van der Waals surface area contributed by atoms with E-state index < -0.39 is 79.9 Å². The van der Waals surface area contributed by atoms with Gasteiger partial charge in [0.15, 0.2) is 11.2 Å². The van der Waals surface area contributed by atoms with Crippen molar-refractivity contribution in [3.63, 3.8) is 0 Å². The Morgan fingerprint density at radius 1 is 1.05 bits per heavy atom. The van der Waals surface area contributed by atoms with Crippen molar-refractivity contribution in [3.8, 4) is 11.9 Å². The fraction of sp³-hybridized carbons (Fsp3) is 0.743. The molecule has 60 heavy (non-hydrogen) atoms. The molecule has 2 saturated carbocycles. The zero-order valence-electron chi connectivity index (χ0n) is 35.1. The predicted molar refractivity (Wildman–Crippen MR) is 227 cm³/mol. The van der Waals surface area contributed by atoms with E-state index in [1.54, 1.807) is 6.07 Å². The monoisotopic (exact) mass is 932 g/mol. The van der Waals surface area contributed by atoms with Crippen molar-refractivity contribution in [2.45, 2.75) is 134 Å². The van der Waals surface area contributed by atoms with Gasteiger partial charge in [0.05, 0.1) is 50.3 Å². The van der Waals surface area contributed by atoms with Gasteiger partial charge in [-0.25, -0.2) is 19.6 Å².